The number of aromatic amines is 1. The van der Waals surface area contributed by atoms with Crippen LogP contribution in [0.1, 0.15) is 27.2 Å². The number of hydrogen-bond acceptors (Lipinski definition) is 2. The van der Waals surface area contributed by atoms with Crippen molar-refractivity contribution in [3.8, 4) is 0 Å². The minimum atomic E-state index is -0.856. The first-order chi connectivity index (χ1) is 8.58. The second-order valence-corrected chi connectivity index (χ2v) is 5.06. The number of fused-ring (bicyclic) bond motifs is 3. The highest BCUT2D eigenvalue weighted by Crippen LogP contribution is 2.30. The van der Waals surface area contributed by atoms with Gasteiger partial charge in [-0.15, -0.1) is 0 Å². The first-order valence-corrected chi connectivity index (χ1v) is 6.13. The standard InChI is InChI=1S/C14H16N2O2/c1-8-3-4-9-10-7-16(2)6-5-11(10)15-13(9)12(8)14(17)18/h3-4,15H,5-7H2,1-2H3,(H,17,18). The zero-order valence-corrected chi connectivity index (χ0v) is 10.6. The fourth-order valence-corrected chi connectivity index (χ4v) is 2.80. The zero-order chi connectivity index (χ0) is 12.9. The molecule has 2 N–H and O–H groups in total. The minimum absolute atomic E-state index is 0.407. The van der Waals surface area contributed by atoms with Crippen LogP contribution in [0.4, 0.5) is 0 Å². The van der Waals surface area contributed by atoms with Crippen molar-refractivity contribution in [2.24, 2.45) is 0 Å². The van der Waals surface area contributed by atoms with Gasteiger partial charge < -0.3 is 15.0 Å². The van der Waals surface area contributed by atoms with E-state index in [-0.39, 0.29) is 0 Å². The lowest BCUT2D eigenvalue weighted by atomic mass is 10.0. The van der Waals surface area contributed by atoms with E-state index in [9.17, 15) is 9.90 Å². The molecule has 0 bridgehead atoms. The van der Waals surface area contributed by atoms with E-state index in [1.807, 2.05) is 19.1 Å². The monoisotopic (exact) mass is 244 g/mol. The highest BCUT2D eigenvalue weighted by atomic mass is 16.4. The second-order valence-electron chi connectivity index (χ2n) is 5.06. The Hall–Kier alpha value is -1.81. The molecule has 0 unspecified atom stereocenters. The van der Waals surface area contributed by atoms with Crippen LogP contribution in [-0.4, -0.2) is 34.6 Å². The van der Waals surface area contributed by atoms with Gasteiger partial charge in [-0.3, -0.25) is 0 Å². The summed E-state index contributed by atoms with van der Waals surface area (Å²) in [6.45, 7) is 3.74. The Morgan fingerprint density at radius 3 is 2.94 bits per heavy atom. The highest BCUT2D eigenvalue weighted by Gasteiger charge is 2.22. The van der Waals surface area contributed by atoms with Gasteiger partial charge in [0, 0.05) is 30.6 Å². The first-order valence-electron chi connectivity index (χ1n) is 6.13. The molecule has 0 spiro atoms. The quantitative estimate of drug-likeness (QED) is 0.808. The van der Waals surface area contributed by atoms with E-state index in [0.717, 1.165) is 36.0 Å². The lowest BCUT2D eigenvalue weighted by molar-refractivity contribution is 0.0698. The minimum Gasteiger partial charge on any atom is -0.478 e. The first kappa shape index (κ1) is 11.3. The van der Waals surface area contributed by atoms with Gasteiger partial charge in [0.05, 0.1) is 11.1 Å². The Labute approximate surface area is 105 Å². The number of nitrogens with one attached hydrogen (secondary N) is 1. The summed E-state index contributed by atoms with van der Waals surface area (Å²) in [5, 5.41) is 10.4. The maximum absolute atomic E-state index is 11.4. The van der Waals surface area contributed by atoms with Crippen molar-refractivity contribution in [2.75, 3.05) is 13.6 Å². The molecule has 1 aromatic heterocycles. The molecule has 1 aliphatic heterocycles. The summed E-state index contributed by atoms with van der Waals surface area (Å²) >= 11 is 0. The average molecular weight is 244 g/mol. The maximum Gasteiger partial charge on any atom is 0.338 e. The molecule has 0 radical (unpaired) electrons. The molecule has 18 heavy (non-hydrogen) atoms. The van der Waals surface area contributed by atoms with E-state index < -0.39 is 5.97 Å². The van der Waals surface area contributed by atoms with Crippen molar-refractivity contribution < 1.29 is 9.90 Å². The van der Waals surface area contributed by atoms with Gasteiger partial charge in [-0.1, -0.05) is 12.1 Å². The van der Waals surface area contributed by atoms with Gasteiger partial charge >= 0.3 is 5.97 Å². The molecule has 0 fully saturated rings. The van der Waals surface area contributed by atoms with Crippen molar-refractivity contribution in [3.63, 3.8) is 0 Å². The van der Waals surface area contributed by atoms with Crippen LogP contribution in [0.15, 0.2) is 12.1 Å². The van der Waals surface area contributed by atoms with E-state index in [0.29, 0.717) is 5.56 Å². The number of carbonyl (C=O) groups is 1. The van der Waals surface area contributed by atoms with E-state index in [4.69, 9.17) is 0 Å². The molecule has 0 saturated heterocycles. The lowest BCUT2D eigenvalue weighted by Gasteiger charge is -2.22. The summed E-state index contributed by atoms with van der Waals surface area (Å²) in [5.41, 5.74) is 4.44. The summed E-state index contributed by atoms with van der Waals surface area (Å²) in [4.78, 5) is 17.0. The third-order valence-electron chi connectivity index (χ3n) is 3.76. The van der Waals surface area contributed by atoms with E-state index in [1.54, 1.807) is 0 Å². The van der Waals surface area contributed by atoms with Crippen LogP contribution in [0, 0.1) is 6.92 Å². The molecule has 4 heteroatoms. The average Bonchev–Trinajstić information content (AvgIpc) is 2.65. The van der Waals surface area contributed by atoms with Gasteiger partial charge in [-0.2, -0.15) is 0 Å². The van der Waals surface area contributed by atoms with Crippen LogP contribution in [0.5, 0.6) is 0 Å². The number of benzene rings is 1. The van der Waals surface area contributed by atoms with Crippen LogP contribution in [0.2, 0.25) is 0 Å². The number of nitrogens with zero attached hydrogens (tertiary/aromatic N) is 1. The Kier molecular flexibility index (Phi) is 2.41. The van der Waals surface area contributed by atoms with Crippen molar-refractivity contribution in [3.05, 3.63) is 34.5 Å². The molecule has 1 aromatic carbocycles. The predicted molar refractivity (Wildman–Crippen MR) is 70.0 cm³/mol. The Morgan fingerprint density at radius 2 is 2.22 bits per heavy atom. The molecule has 0 saturated carbocycles. The fraction of sp³-hybridized carbons (Fsp3) is 0.357. The van der Waals surface area contributed by atoms with Gasteiger partial charge in [-0.05, 0) is 25.1 Å². The van der Waals surface area contributed by atoms with E-state index >= 15 is 0 Å². The molecule has 1 aliphatic rings. The topological polar surface area (TPSA) is 56.3 Å². The summed E-state index contributed by atoms with van der Waals surface area (Å²) in [6.07, 6.45) is 0.957. The van der Waals surface area contributed by atoms with E-state index in [1.165, 1.54) is 11.3 Å². The number of H-pyrrole nitrogens is 1. The SMILES string of the molecule is Cc1ccc2c3c([nH]c2c1C(=O)O)CCN(C)C3. The zero-order valence-electron chi connectivity index (χ0n) is 10.6. The molecule has 2 aromatic rings. The number of aromatic nitrogens is 1. The molecular formula is C14H16N2O2. The van der Waals surface area contributed by atoms with Crippen LogP contribution in [0.3, 0.4) is 0 Å². The summed E-state index contributed by atoms with van der Waals surface area (Å²) in [7, 11) is 2.09. The van der Waals surface area contributed by atoms with Crippen molar-refractivity contribution >= 4 is 16.9 Å². The molecule has 0 atom stereocenters. The van der Waals surface area contributed by atoms with Crippen LogP contribution in [0.25, 0.3) is 10.9 Å². The lowest BCUT2D eigenvalue weighted by Crippen LogP contribution is -2.25. The summed E-state index contributed by atoms with van der Waals surface area (Å²) < 4.78 is 0. The van der Waals surface area contributed by atoms with Gasteiger partial charge in [0.15, 0.2) is 0 Å². The predicted octanol–water partition coefficient (Wildman–Crippen LogP) is 2.16. The molecular weight excluding hydrogens is 228 g/mol. The number of likely N-dealkylation sites (N-methyl/N-ethyl adjacent to an activating group) is 1. The summed E-state index contributed by atoms with van der Waals surface area (Å²) in [6, 6.07) is 3.93. The third kappa shape index (κ3) is 1.53. The Balaban J connectivity index is 2.32. The number of aromatic carboxylic acids is 1. The second kappa shape index (κ2) is 3.85. The van der Waals surface area contributed by atoms with Crippen molar-refractivity contribution in [1.82, 2.24) is 9.88 Å². The number of hydrogen-bond donors (Lipinski definition) is 2. The normalized spacial score (nSPS) is 15.9. The molecule has 0 amide bonds. The number of rotatable bonds is 1. The smallest absolute Gasteiger partial charge is 0.338 e. The molecule has 0 aliphatic carbocycles. The van der Waals surface area contributed by atoms with Gasteiger partial charge in [0.25, 0.3) is 0 Å². The van der Waals surface area contributed by atoms with Crippen molar-refractivity contribution in [2.45, 2.75) is 19.9 Å². The Morgan fingerprint density at radius 1 is 1.44 bits per heavy atom. The fourth-order valence-electron chi connectivity index (χ4n) is 2.80. The molecule has 3 rings (SSSR count). The molecule has 4 nitrogen and oxygen atoms in total. The van der Waals surface area contributed by atoms with Crippen LogP contribution in [-0.2, 0) is 13.0 Å². The Bertz CT molecular complexity index is 643. The van der Waals surface area contributed by atoms with Crippen LogP contribution >= 0.6 is 0 Å². The number of carboxylic acids is 1. The largest absolute Gasteiger partial charge is 0.478 e. The van der Waals surface area contributed by atoms with Crippen LogP contribution < -0.4 is 0 Å². The number of aryl methyl sites for hydroxylation is 1. The van der Waals surface area contributed by atoms with Gasteiger partial charge in [0.2, 0.25) is 0 Å². The van der Waals surface area contributed by atoms with Gasteiger partial charge in [-0.25, -0.2) is 4.79 Å². The molecule has 2 heterocycles. The number of carboxylic acid groups (broad SMARTS) is 1. The van der Waals surface area contributed by atoms with Gasteiger partial charge in [0.1, 0.15) is 0 Å². The summed E-state index contributed by atoms with van der Waals surface area (Å²) in [5.74, 6) is -0.856. The maximum atomic E-state index is 11.4. The molecule has 94 valence electrons. The highest BCUT2D eigenvalue weighted by molar-refractivity contribution is 6.04. The van der Waals surface area contributed by atoms with Crippen molar-refractivity contribution in [1.29, 1.82) is 0 Å². The third-order valence-corrected chi connectivity index (χ3v) is 3.76. The van der Waals surface area contributed by atoms with E-state index in [2.05, 4.69) is 16.9 Å².